The fourth-order valence-corrected chi connectivity index (χ4v) is 4.76. The molecule has 0 unspecified atom stereocenters. The number of nitrogens with zero attached hydrogens (tertiary/aromatic N) is 3. The number of hydrogen-bond donors (Lipinski definition) is 2. The summed E-state index contributed by atoms with van der Waals surface area (Å²) < 4.78 is 32.6. The first-order valence-electron chi connectivity index (χ1n) is 10.0. The molecule has 2 heterocycles. The lowest BCUT2D eigenvalue weighted by molar-refractivity contribution is -0.387. The van der Waals surface area contributed by atoms with E-state index in [1.165, 1.54) is 12.1 Å². The Morgan fingerprint density at radius 2 is 1.97 bits per heavy atom. The minimum absolute atomic E-state index is 0.137. The summed E-state index contributed by atoms with van der Waals surface area (Å²) in [6.07, 6.45) is 2.07. The highest BCUT2D eigenvalue weighted by Gasteiger charge is 2.30. The Labute approximate surface area is 189 Å². The van der Waals surface area contributed by atoms with E-state index in [9.17, 15) is 33.2 Å². The number of ether oxygens (including phenoxy) is 1. The molecule has 1 aromatic carbocycles. The van der Waals surface area contributed by atoms with Crippen molar-refractivity contribution in [2.24, 2.45) is 5.92 Å². The average molecular weight is 478 g/mol. The monoisotopic (exact) mass is 478 g/mol. The van der Waals surface area contributed by atoms with Gasteiger partial charge in [0.25, 0.3) is 15.7 Å². The highest BCUT2D eigenvalue weighted by molar-refractivity contribution is 7.92. The normalized spacial score (nSPS) is 14.5. The van der Waals surface area contributed by atoms with Crippen molar-refractivity contribution in [3.05, 3.63) is 52.2 Å². The van der Waals surface area contributed by atoms with Crippen LogP contribution >= 0.6 is 0 Å². The summed E-state index contributed by atoms with van der Waals surface area (Å²) in [7, 11) is -4.38. The van der Waals surface area contributed by atoms with E-state index in [1.807, 2.05) is 0 Å². The number of nitro benzene ring substituents is 1. The summed E-state index contributed by atoms with van der Waals surface area (Å²) in [5, 5.41) is 20.8. The van der Waals surface area contributed by atoms with Crippen LogP contribution in [-0.2, 0) is 19.6 Å². The maximum atomic E-state index is 12.7. The highest BCUT2D eigenvalue weighted by Crippen LogP contribution is 2.29. The van der Waals surface area contributed by atoms with E-state index in [0.29, 0.717) is 25.9 Å². The third kappa shape index (κ3) is 5.37. The first-order chi connectivity index (χ1) is 15.6. The van der Waals surface area contributed by atoms with Crippen molar-refractivity contribution in [1.29, 1.82) is 0 Å². The average Bonchev–Trinajstić information content (AvgIpc) is 2.79. The van der Waals surface area contributed by atoms with Crippen molar-refractivity contribution < 1.29 is 32.8 Å². The van der Waals surface area contributed by atoms with Crippen LogP contribution in [0, 0.1) is 16.0 Å². The molecular formula is C20H22N4O8S. The van der Waals surface area contributed by atoms with Gasteiger partial charge >= 0.3 is 11.9 Å². The fraction of sp³-hybridized carbons (Fsp3) is 0.350. The smallest absolute Gasteiger partial charge is 0.339 e. The number of carboxylic acid groups (broad SMARTS) is 1. The number of aromatic nitrogens is 1. The van der Waals surface area contributed by atoms with Gasteiger partial charge in [0.15, 0.2) is 4.90 Å². The molecule has 0 radical (unpaired) electrons. The topological polar surface area (TPSA) is 169 Å². The molecule has 1 fully saturated rings. The van der Waals surface area contributed by atoms with E-state index in [0.717, 1.165) is 24.4 Å². The van der Waals surface area contributed by atoms with Gasteiger partial charge in [-0.05, 0) is 31.9 Å². The first-order valence-corrected chi connectivity index (χ1v) is 11.5. The number of benzene rings is 1. The Kier molecular flexibility index (Phi) is 7.11. The van der Waals surface area contributed by atoms with Crippen LogP contribution in [0.3, 0.4) is 0 Å². The zero-order chi connectivity index (χ0) is 24.2. The molecule has 12 nitrogen and oxygen atoms in total. The minimum Gasteiger partial charge on any atom is -0.478 e. The summed E-state index contributed by atoms with van der Waals surface area (Å²) in [4.78, 5) is 39.4. The predicted octanol–water partition coefficient (Wildman–Crippen LogP) is 2.27. The van der Waals surface area contributed by atoms with Crippen molar-refractivity contribution >= 4 is 39.2 Å². The fourth-order valence-electron chi connectivity index (χ4n) is 3.56. The number of sulfonamides is 1. The number of para-hydroxylation sites is 1. The first kappa shape index (κ1) is 23.9. The molecule has 176 valence electrons. The standard InChI is InChI=1S/C20H22N4O8S/c1-2-32-20(27)13-7-9-23(10-8-13)18-15(19(25)26)11-14(12-21-18)22-33(30,31)17-6-4-3-5-16(17)24(28)29/h3-6,11-13,22H,2,7-10H2,1H3,(H,25,26). The molecule has 3 rings (SSSR count). The lowest BCUT2D eigenvalue weighted by Gasteiger charge is -2.32. The second kappa shape index (κ2) is 9.81. The zero-order valence-electron chi connectivity index (χ0n) is 17.6. The molecule has 2 aromatic rings. The van der Waals surface area contributed by atoms with E-state index in [1.54, 1.807) is 11.8 Å². The van der Waals surface area contributed by atoms with E-state index in [2.05, 4.69) is 9.71 Å². The molecule has 0 aliphatic carbocycles. The molecule has 0 spiro atoms. The van der Waals surface area contributed by atoms with Crippen molar-refractivity contribution in [3.63, 3.8) is 0 Å². The van der Waals surface area contributed by atoms with E-state index in [-0.39, 0.29) is 35.6 Å². The van der Waals surface area contributed by atoms with Crippen LogP contribution in [0.25, 0.3) is 0 Å². The molecular weight excluding hydrogens is 456 g/mol. The van der Waals surface area contributed by atoms with Gasteiger partial charge in [-0.2, -0.15) is 0 Å². The Balaban J connectivity index is 1.83. The summed E-state index contributed by atoms with van der Waals surface area (Å²) >= 11 is 0. The van der Waals surface area contributed by atoms with E-state index in [4.69, 9.17) is 4.74 Å². The van der Waals surface area contributed by atoms with Crippen LogP contribution in [0.4, 0.5) is 17.2 Å². The quantitative estimate of drug-likeness (QED) is 0.326. The second-order valence-corrected chi connectivity index (χ2v) is 8.89. The number of aromatic carboxylic acids is 1. The van der Waals surface area contributed by atoms with Crippen molar-refractivity contribution in [3.8, 4) is 0 Å². The highest BCUT2D eigenvalue weighted by atomic mass is 32.2. The van der Waals surface area contributed by atoms with Crippen molar-refractivity contribution in [2.75, 3.05) is 29.3 Å². The number of nitro groups is 1. The summed E-state index contributed by atoms with van der Waals surface area (Å²) in [5.41, 5.74) is -1.01. The summed E-state index contributed by atoms with van der Waals surface area (Å²) in [6.45, 7) is 2.76. The number of rotatable bonds is 8. The lowest BCUT2D eigenvalue weighted by atomic mass is 9.96. The van der Waals surface area contributed by atoms with Crippen LogP contribution in [0.1, 0.15) is 30.1 Å². The van der Waals surface area contributed by atoms with Crippen LogP contribution in [-0.4, -0.2) is 55.1 Å². The maximum Gasteiger partial charge on any atom is 0.339 e. The largest absolute Gasteiger partial charge is 0.478 e. The molecule has 0 bridgehead atoms. The molecule has 13 heteroatoms. The zero-order valence-corrected chi connectivity index (χ0v) is 18.4. The van der Waals surface area contributed by atoms with Crippen LogP contribution in [0.5, 0.6) is 0 Å². The van der Waals surface area contributed by atoms with Crippen molar-refractivity contribution in [1.82, 2.24) is 4.98 Å². The number of hydrogen-bond acceptors (Lipinski definition) is 9. The van der Waals surface area contributed by atoms with Gasteiger partial charge in [-0.1, -0.05) is 12.1 Å². The van der Waals surface area contributed by atoms with Crippen molar-refractivity contribution in [2.45, 2.75) is 24.7 Å². The van der Waals surface area contributed by atoms with Crippen LogP contribution in [0.15, 0.2) is 41.4 Å². The van der Waals surface area contributed by atoms with Crippen LogP contribution in [0.2, 0.25) is 0 Å². The third-order valence-electron chi connectivity index (χ3n) is 5.12. The molecule has 0 amide bonds. The number of carbonyl (C=O) groups excluding carboxylic acids is 1. The SMILES string of the molecule is CCOC(=O)C1CCN(c2ncc(NS(=O)(=O)c3ccccc3[N+](=O)[O-])cc2C(=O)O)CC1. The van der Waals surface area contributed by atoms with Gasteiger partial charge < -0.3 is 14.7 Å². The molecule has 2 N–H and O–H groups in total. The van der Waals surface area contributed by atoms with Gasteiger partial charge in [0.2, 0.25) is 0 Å². The number of pyridine rings is 1. The Bertz CT molecular complexity index is 1180. The number of nitrogens with one attached hydrogen (secondary N) is 1. The van der Waals surface area contributed by atoms with Gasteiger partial charge in [-0.3, -0.25) is 19.6 Å². The molecule has 1 aliphatic rings. The third-order valence-corrected chi connectivity index (χ3v) is 6.54. The molecule has 1 aliphatic heterocycles. The Hall–Kier alpha value is -3.74. The molecule has 0 atom stereocenters. The number of piperidine rings is 1. The van der Waals surface area contributed by atoms with Gasteiger partial charge in [-0.15, -0.1) is 0 Å². The molecule has 1 saturated heterocycles. The van der Waals surface area contributed by atoms with Crippen LogP contribution < -0.4 is 9.62 Å². The van der Waals surface area contributed by atoms with Gasteiger partial charge in [-0.25, -0.2) is 18.2 Å². The minimum atomic E-state index is -4.38. The summed E-state index contributed by atoms with van der Waals surface area (Å²) in [5.74, 6) is -1.75. The van der Waals surface area contributed by atoms with E-state index >= 15 is 0 Å². The Morgan fingerprint density at radius 3 is 2.58 bits per heavy atom. The predicted molar refractivity (Wildman–Crippen MR) is 117 cm³/mol. The second-order valence-electron chi connectivity index (χ2n) is 7.24. The molecule has 33 heavy (non-hydrogen) atoms. The number of carbonyl (C=O) groups is 2. The number of carboxylic acids is 1. The van der Waals surface area contributed by atoms with Gasteiger partial charge in [0.1, 0.15) is 11.4 Å². The number of esters is 1. The lowest BCUT2D eigenvalue weighted by Crippen LogP contribution is -2.38. The Morgan fingerprint density at radius 1 is 1.30 bits per heavy atom. The molecule has 1 aromatic heterocycles. The van der Waals surface area contributed by atoms with Gasteiger partial charge in [0, 0.05) is 19.2 Å². The number of anilines is 2. The molecule has 0 saturated carbocycles. The maximum absolute atomic E-state index is 12.7. The summed E-state index contributed by atoms with van der Waals surface area (Å²) in [6, 6.07) is 5.91. The van der Waals surface area contributed by atoms with E-state index < -0.39 is 31.5 Å². The van der Waals surface area contributed by atoms with Gasteiger partial charge in [0.05, 0.1) is 29.3 Å².